The monoisotopic (exact) mass is 512 g/mol. The van der Waals surface area contributed by atoms with E-state index in [9.17, 15) is 9.90 Å². The van der Waals surface area contributed by atoms with Crippen LogP contribution in [0.25, 0.3) is 31.7 Å². The van der Waals surface area contributed by atoms with Crippen molar-refractivity contribution < 1.29 is 19.4 Å². The van der Waals surface area contributed by atoms with E-state index in [2.05, 4.69) is 48.5 Å². The van der Waals surface area contributed by atoms with Gasteiger partial charge in [0, 0.05) is 20.4 Å². The molecule has 1 N–H and O–H groups in total. The Bertz CT molecular complexity index is 1540. The maximum absolute atomic E-state index is 11.3. The first-order chi connectivity index (χ1) is 17.6. The van der Waals surface area contributed by atoms with Crippen LogP contribution >= 0.6 is 23.1 Å². The lowest BCUT2D eigenvalue weighted by molar-refractivity contribution is 0.0697. The number of ether oxygens (including phenoxy) is 2. The molecule has 0 unspecified atom stereocenters. The van der Waals surface area contributed by atoms with Crippen molar-refractivity contribution in [3.05, 3.63) is 102 Å². The fraction of sp³-hybridized carbons (Fsp3) is 0.100. The van der Waals surface area contributed by atoms with Crippen molar-refractivity contribution in [2.75, 3.05) is 14.2 Å². The second-order valence-electron chi connectivity index (χ2n) is 8.21. The minimum Gasteiger partial charge on any atom is -0.493 e. The number of thiophene rings is 1. The van der Waals surface area contributed by atoms with Crippen molar-refractivity contribution in [2.24, 2.45) is 0 Å². The van der Waals surface area contributed by atoms with Gasteiger partial charge in [-0.05, 0) is 76.0 Å². The lowest BCUT2D eigenvalue weighted by Gasteiger charge is -2.08. The van der Waals surface area contributed by atoms with Crippen LogP contribution in [0.15, 0.2) is 95.9 Å². The van der Waals surface area contributed by atoms with Gasteiger partial charge in [-0.1, -0.05) is 42.5 Å². The summed E-state index contributed by atoms with van der Waals surface area (Å²) in [4.78, 5) is 14.8. The highest BCUT2D eigenvalue weighted by atomic mass is 32.2. The molecule has 0 fully saturated rings. The van der Waals surface area contributed by atoms with Crippen LogP contribution < -0.4 is 9.47 Å². The van der Waals surface area contributed by atoms with E-state index in [0.29, 0.717) is 11.5 Å². The molecule has 0 aliphatic heterocycles. The highest BCUT2D eigenvalue weighted by molar-refractivity contribution is 7.98. The highest BCUT2D eigenvalue weighted by Crippen LogP contribution is 2.43. The quantitative estimate of drug-likeness (QED) is 0.212. The standard InChI is InChI=1S/C30H24O4S2/c1-33-26-14-12-23(16-27(26)34-2)28-17-24(29(36-28)20-7-9-21(10-8-20)30(31)32)18-35-25-13-11-19-5-3-4-6-22(19)15-25/h3-17H,18H2,1-2H3,(H,31,32). The van der Waals surface area contributed by atoms with Gasteiger partial charge in [0.2, 0.25) is 0 Å². The predicted octanol–water partition coefficient (Wildman–Crippen LogP) is 8.24. The molecule has 4 nitrogen and oxygen atoms in total. The Morgan fingerprint density at radius 2 is 1.53 bits per heavy atom. The van der Waals surface area contributed by atoms with E-state index >= 15 is 0 Å². The van der Waals surface area contributed by atoms with Gasteiger partial charge in [-0.25, -0.2) is 4.79 Å². The summed E-state index contributed by atoms with van der Waals surface area (Å²) in [5.41, 5.74) is 3.53. The second kappa shape index (κ2) is 10.5. The van der Waals surface area contributed by atoms with Gasteiger partial charge in [0.25, 0.3) is 0 Å². The van der Waals surface area contributed by atoms with Gasteiger partial charge in [0.1, 0.15) is 0 Å². The van der Waals surface area contributed by atoms with Crippen LogP contribution in [-0.4, -0.2) is 25.3 Å². The van der Waals surface area contributed by atoms with Crippen molar-refractivity contribution in [2.45, 2.75) is 10.6 Å². The molecule has 0 amide bonds. The molecule has 5 rings (SSSR count). The second-order valence-corrected chi connectivity index (χ2v) is 10.3. The van der Waals surface area contributed by atoms with Crippen molar-refractivity contribution in [1.82, 2.24) is 0 Å². The van der Waals surface area contributed by atoms with Gasteiger partial charge in [-0.3, -0.25) is 0 Å². The van der Waals surface area contributed by atoms with E-state index in [-0.39, 0.29) is 5.56 Å². The molecule has 0 bridgehead atoms. The topological polar surface area (TPSA) is 55.8 Å². The molecule has 1 aromatic heterocycles. The number of benzene rings is 4. The van der Waals surface area contributed by atoms with Crippen LogP contribution in [0.3, 0.4) is 0 Å². The molecular formula is C30H24O4S2. The number of rotatable bonds is 8. The molecule has 0 saturated heterocycles. The Labute approximate surface area is 218 Å². The summed E-state index contributed by atoms with van der Waals surface area (Å²) in [6.07, 6.45) is 0. The summed E-state index contributed by atoms with van der Waals surface area (Å²) < 4.78 is 10.9. The Kier molecular flexibility index (Phi) is 6.98. The van der Waals surface area contributed by atoms with Gasteiger partial charge < -0.3 is 14.6 Å². The third-order valence-corrected chi connectivity index (χ3v) is 8.30. The van der Waals surface area contributed by atoms with Crippen molar-refractivity contribution in [3.8, 4) is 32.4 Å². The van der Waals surface area contributed by atoms with Gasteiger partial charge >= 0.3 is 5.97 Å². The maximum atomic E-state index is 11.3. The number of fused-ring (bicyclic) bond motifs is 1. The lowest BCUT2D eigenvalue weighted by atomic mass is 10.1. The van der Waals surface area contributed by atoms with Crippen LogP contribution in [0.1, 0.15) is 15.9 Å². The van der Waals surface area contributed by atoms with Crippen molar-refractivity contribution in [3.63, 3.8) is 0 Å². The maximum Gasteiger partial charge on any atom is 0.335 e. The molecule has 180 valence electrons. The summed E-state index contributed by atoms with van der Waals surface area (Å²) in [6, 6.07) is 30.2. The smallest absolute Gasteiger partial charge is 0.335 e. The summed E-state index contributed by atoms with van der Waals surface area (Å²) >= 11 is 3.49. The van der Waals surface area contributed by atoms with Crippen molar-refractivity contribution in [1.29, 1.82) is 0 Å². The fourth-order valence-electron chi connectivity index (χ4n) is 4.09. The molecule has 36 heavy (non-hydrogen) atoms. The molecule has 5 aromatic rings. The average molecular weight is 513 g/mol. The Balaban J connectivity index is 1.51. The molecule has 0 aliphatic carbocycles. The third kappa shape index (κ3) is 4.96. The SMILES string of the molecule is COc1ccc(-c2cc(CSc3ccc4ccccc4c3)c(-c3ccc(C(=O)O)cc3)s2)cc1OC. The lowest BCUT2D eigenvalue weighted by Crippen LogP contribution is -1.94. The Morgan fingerprint density at radius 1 is 0.806 bits per heavy atom. The zero-order valence-corrected chi connectivity index (χ0v) is 21.5. The van der Waals surface area contributed by atoms with Crippen LogP contribution in [0.5, 0.6) is 11.5 Å². The summed E-state index contributed by atoms with van der Waals surface area (Å²) in [5, 5.41) is 11.8. The van der Waals surface area contributed by atoms with Crippen LogP contribution in [-0.2, 0) is 5.75 Å². The molecule has 0 saturated carbocycles. The molecule has 6 heteroatoms. The Hall–Kier alpha value is -3.74. The van der Waals surface area contributed by atoms with Gasteiger partial charge in [-0.2, -0.15) is 0 Å². The first-order valence-corrected chi connectivity index (χ1v) is 13.2. The van der Waals surface area contributed by atoms with Crippen LogP contribution in [0.2, 0.25) is 0 Å². The van der Waals surface area contributed by atoms with E-state index in [1.165, 1.54) is 21.2 Å². The van der Waals surface area contributed by atoms with Gasteiger partial charge in [0.15, 0.2) is 11.5 Å². The number of carboxylic acids is 1. The number of methoxy groups -OCH3 is 2. The number of carboxylic acid groups (broad SMARTS) is 1. The minimum atomic E-state index is -0.925. The highest BCUT2D eigenvalue weighted by Gasteiger charge is 2.16. The molecular weight excluding hydrogens is 488 g/mol. The largest absolute Gasteiger partial charge is 0.493 e. The summed E-state index contributed by atoms with van der Waals surface area (Å²) in [6.45, 7) is 0. The van der Waals surface area contributed by atoms with E-state index in [4.69, 9.17) is 9.47 Å². The summed E-state index contributed by atoms with van der Waals surface area (Å²) in [7, 11) is 3.26. The molecule has 1 heterocycles. The predicted molar refractivity (Wildman–Crippen MR) is 149 cm³/mol. The van der Waals surface area contributed by atoms with Crippen LogP contribution in [0, 0.1) is 0 Å². The van der Waals surface area contributed by atoms with Crippen LogP contribution in [0.4, 0.5) is 0 Å². The van der Waals surface area contributed by atoms with Gasteiger partial charge in [0.05, 0.1) is 19.8 Å². The van der Waals surface area contributed by atoms with E-state index in [1.54, 1.807) is 49.5 Å². The zero-order valence-electron chi connectivity index (χ0n) is 19.9. The average Bonchev–Trinajstić information content (AvgIpc) is 3.35. The normalized spacial score (nSPS) is 10.9. The Morgan fingerprint density at radius 3 is 2.25 bits per heavy atom. The molecule has 0 spiro atoms. The van der Waals surface area contributed by atoms with E-state index < -0.39 is 5.97 Å². The number of hydrogen-bond donors (Lipinski definition) is 1. The van der Waals surface area contributed by atoms with E-state index in [1.807, 2.05) is 30.3 Å². The number of aromatic carboxylic acids is 1. The van der Waals surface area contributed by atoms with Gasteiger partial charge in [-0.15, -0.1) is 23.1 Å². The first kappa shape index (κ1) is 24.0. The molecule has 4 aromatic carbocycles. The number of carbonyl (C=O) groups is 1. The first-order valence-electron chi connectivity index (χ1n) is 11.4. The van der Waals surface area contributed by atoms with E-state index in [0.717, 1.165) is 26.6 Å². The number of thioether (sulfide) groups is 1. The summed E-state index contributed by atoms with van der Waals surface area (Å²) in [5.74, 6) is 1.24. The third-order valence-electron chi connectivity index (χ3n) is 5.99. The minimum absolute atomic E-state index is 0.280. The number of hydrogen-bond acceptors (Lipinski definition) is 5. The van der Waals surface area contributed by atoms with Crippen molar-refractivity contribution >= 4 is 39.8 Å². The fourth-order valence-corrected chi connectivity index (χ4v) is 6.29. The molecule has 0 aliphatic rings. The molecule has 0 radical (unpaired) electrons. The molecule has 0 atom stereocenters. The zero-order chi connectivity index (χ0) is 25.1.